The van der Waals surface area contributed by atoms with Crippen LogP contribution in [-0.4, -0.2) is 46.2 Å². The summed E-state index contributed by atoms with van der Waals surface area (Å²) in [5.74, 6) is 0.530. The van der Waals surface area contributed by atoms with Gasteiger partial charge in [-0.1, -0.05) is 18.7 Å². The number of carbonyl (C=O) groups is 1. The molecule has 0 aliphatic heterocycles. The number of hydrogen-bond acceptors (Lipinski definition) is 6. The van der Waals surface area contributed by atoms with Gasteiger partial charge in [0.05, 0.1) is 7.11 Å². The second-order valence-electron chi connectivity index (χ2n) is 5.24. The smallest absolute Gasteiger partial charge is 0.343 e. The Morgan fingerprint density at radius 1 is 1.62 bits per heavy atom. The highest BCUT2D eigenvalue weighted by Gasteiger charge is 2.51. The fourth-order valence-electron chi connectivity index (χ4n) is 2.49. The molecule has 2 N–H and O–H groups in total. The minimum absolute atomic E-state index is 0.209. The molecule has 1 atom stereocenters. The van der Waals surface area contributed by atoms with Gasteiger partial charge in [-0.25, -0.2) is 9.89 Å². The van der Waals surface area contributed by atoms with Crippen LogP contribution in [0.3, 0.4) is 0 Å². The zero-order valence-electron chi connectivity index (χ0n) is 12.6. The van der Waals surface area contributed by atoms with Gasteiger partial charge in [-0.3, -0.25) is 9.36 Å². The fraction of sp³-hybridized carbons (Fsp3) is 0.769. The molecule has 1 saturated carbocycles. The summed E-state index contributed by atoms with van der Waals surface area (Å²) in [6.07, 6.45) is 2.88. The molecule has 118 valence electrons. The largest absolute Gasteiger partial charge is 0.468 e. The maximum Gasteiger partial charge on any atom is 0.343 e. The van der Waals surface area contributed by atoms with E-state index in [0.717, 1.165) is 19.3 Å². The molecule has 0 saturated heterocycles. The number of aromatic amines is 1. The minimum Gasteiger partial charge on any atom is -0.468 e. The van der Waals surface area contributed by atoms with E-state index in [4.69, 9.17) is 4.74 Å². The van der Waals surface area contributed by atoms with E-state index in [1.54, 1.807) is 11.6 Å². The van der Waals surface area contributed by atoms with Gasteiger partial charge in [-0.15, -0.1) is 5.10 Å². The van der Waals surface area contributed by atoms with Gasteiger partial charge < -0.3 is 10.1 Å². The van der Waals surface area contributed by atoms with Crippen LogP contribution < -0.4 is 11.0 Å². The molecule has 0 aromatic carbocycles. The van der Waals surface area contributed by atoms with Gasteiger partial charge in [0.1, 0.15) is 5.54 Å². The number of methoxy groups -OCH3 is 1. The molecule has 7 nitrogen and oxygen atoms in total. The van der Waals surface area contributed by atoms with Crippen molar-refractivity contribution in [1.29, 1.82) is 0 Å². The van der Waals surface area contributed by atoms with Crippen LogP contribution in [-0.2, 0) is 16.1 Å². The standard InChI is InChI=1S/C13H22N4O3S/c1-4-7-17-11(19)15-16-12(17)21-8-13(14-2,9-5-6-9)10(18)20-3/h9,14H,4-8H2,1-3H3,(H,15,19). The van der Waals surface area contributed by atoms with Gasteiger partial charge in [0, 0.05) is 12.3 Å². The highest BCUT2D eigenvalue weighted by molar-refractivity contribution is 7.99. The maximum atomic E-state index is 12.2. The number of aromatic nitrogens is 3. The number of nitrogens with one attached hydrogen (secondary N) is 2. The Morgan fingerprint density at radius 3 is 2.86 bits per heavy atom. The van der Waals surface area contributed by atoms with Crippen molar-refractivity contribution in [2.45, 2.75) is 43.4 Å². The van der Waals surface area contributed by atoms with Crippen LogP contribution in [0.25, 0.3) is 0 Å². The second kappa shape index (κ2) is 6.65. The maximum absolute atomic E-state index is 12.2. The average Bonchev–Trinajstić information content (AvgIpc) is 3.28. The van der Waals surface area contributed by atoms with E-state index in [1.807, 2.05) is 6.92 Å². The summed E-state index contributed by atoms with van der Waals surface area (Å²) in [5, 5.41) is 10.3. The molecule has 1 aromatic heterocycles. The van der Waals surface area contributed by atoms with E-state index in [0.29, 0.717) is 17.5 Å². The Hall–Kier alpha value is -1.28. The van der Waals surface area contributed by atoms with Crippen LogP contribution in [0.2, 0.25) is 0 Å². The molecular weight excluding hydrogens is 292 g/mol. The summed E-state index contributed by atoms with van der Waals surface area (Å²) in [5.41, 5.74) is -0.912. The molecule has 0 bridgehead atoms. The van der Waals surface area contributed by atoms with Crippen LogP contribution in [0, 0.1) is 5.92 Å². The number of carbonyl (C=O) groups excluding carboxylic acids is 1. The monoisotopic (exact) mass is 314 g/mol. The molecule has 8 heteroatoms. The molecule has 21 heavy (non-hydrogen) atoms. The van der Waals surface area contributed by atoms with Crippen molar-refractivity contribution in [2.24, 2.45) is 5.92 Å². The van der Waals surface area contributed by atoms with E-state index in [2.05, 4.69) is 15.5 Å². The van der Waals surface area contributed by atoms with Gasteiger partial charge in [-0.2, -0.15) is 0 Å². The summed E-state index contributed by atoms with van der Waals surface area (Å²) in [7, 11) is 3.18. The highest BCUT2D eigenvalue weighted by Crippen LogP contribution is 2.42. The second-order valence-corrected chi connectivity index (χ2v) is 6.18. The van der Waals surface area contributed by atoms with Crippen LogP contribution in [0.1, 0.15) is 26.2 Å². The molecule has 1 fully saturated rings. The van der Waals surface area contributed by atoms with Crippen LogP contribution in [0.5, 0.6) is 0 Å². The predicted molar refractivity (Wildman–Crippen MR) is 80.4 cm³/mol. The van der Waals surface area contributed by atoms with E-state index >= 15 is 0 Å². The first-order chi connectivity index (χ1) is 10.1. The Labute approximate surface area is 127 Å². The first-order valence-corrected chi connectivity index (χ1v) is 8.13. The zero-order valence-corrected chi connectivity index (χ0v) is 13.5. The number of thioether (sulfide) groups is 1. The third kappa shape index (κ3) is 3.16. The number of esters is 1. The SMILES string of the molecule is CCCn1c(SCC(NC)(C(=O)OC)C2CC2)n[nH]c1=O. The molecule has 1 aromatic rings. The Morgan fingerprint density at radius 2 is 2.33 bits per heavy atom. The molecule has 1 unspecified atom stereocenters. The fourth-order valence-corrected chi connectivity index (χ4v) is 3.79. The van der Waals surface area contributed by atoms with Crippen molar-refractivity contribution in [1.82, 2.24) is 20.1 Å². The summed E-state index contributed by atoms with van der Waals surface area (Å²) in [6.45, 7) is 2.62. The lowest BCUT2D eigenvalue weighted by molar-refractivity contribution is -0.148. The quantitative estimate of drug-likeness (QED) is 0.540. The lowest BCUT2D eigenvalue weighted by Crippen LogP contribution is -2.55. The lowest BCUT2D eigenvalue weighted by atomic mass is 9.96. The van der Waals surface area contributed by atoms with Crippen LogP contribution in [0.15, 0.2) is 9.95 Å². The van der Waals surface area contributed by atoms with E-state index in [9.17, 15) is 9.59 Å². The highest BCUT2D eigenvalue weighted by atomic mass is 32.2. The lowest BCUT2D eigenvalue weighted by Gasteiger charge is -2.30. The number of likely N-dealkylation sites (N-methyl/N-ethyl adjacent to an activating group) is 1. The van der Waals surface area contributed by atoms with Gasteiger partial charge >= 0.3 is 11.7 Å². The number of ether oxygens (including phenoxy) is 1. The van der Waals surface area contributed by atoms with Crippen molar-refractivity contribution < 1.29 is 9.53 Å². The van der Waals surface area contributed by atoms with Gasteiger partial charge in [0.25, 0.3) is 0 Å². The molecule has 1 aliphatic rings. The van der Waals surface area contributed by atoms with Crippen molar-refractivity contribution in [3.05, 3.63) is 10.5 Å². The van der Waals surface area contributed by atoms with Crippen LogP contribution in [0.4, 0.5) is 0 Å². The summed E-state index contributed by atoms with van der Waals surface area (Å²) >= 11 is 1.41. The van der Waals surface area contributed by atoms with Gasteiger partial charge in [0.15, 0.2) is 5.16 Å². The molecule has 2 rings (SSSR count). The summed E-state index contributed by atoms with van der Waals surface area (Å²) in [4.78, 5) is 23.9. The normalized spacial score (nSPS) is 17.5. The van der Waals surface area contributed by atoms with Crippen molar-refractivity contribution in [3.8, 4) is 0 Å². The van der Waals surface area contributed by atoms with Gasteiger partial charge in [0.2, 0.25) is 0 Å². The molecule has 0 spiro atoms. The number of rotatable bonds is 8. The average molecular weight is 314 g/mol. The molecule has 0 radical (unpaired) electrons. The number of H-pyrrole nitrogens is 1. The minimum atomic E-state index is -0.703. The first-order valence-electron chi connectivity index (χ1n) is 7.14. The predicted octanol–water partition coefficient (Wildman–Crippen LogP) is 0.615. The zero-order chi connectivity index (χ0) is 15.5. The van der Waals surface area contributed by atoms with Crippen molar-refractivity contribution >= 4 is 17.7 Å². The van der Waals surface area contributed by atoms with Gasteiger partial charge in [-0.05, 0) is 32.2 Å². The third-order valence-electron chi connectivity index (χ3n) is 3.87. The van der Waals surface area contributed by atoms with E-state index < -0.39 is 5.54 Å². The Bertz CT molecular complexity index is 552. The van der Waals surface area contributed by atoms with E-state index in [-0.39, 0.29) is 17.6 Å². The molecule has 0 amide bonds. The molecule has 1 heterocycles. The number of hydrogen-bond donors (Lipinski definition) is 2. The van der Waals surface area contributed by atoms with E-state index in [1.165, 1.54) is 18.9 Å². The summed E-state index contributed by atoms with van der Waals surface area (Å²) < 4.78 is 6.57. The van der Waals surface area contributed by atoms with Crippen LogP contribution >= 0.6 is 11.8 Å². The molecular formula is C13H22N4O3S. The molecule has 1 aliphatic carbocycles. The Kier molecular flexibility index (Phi) is 5.10. The van der Waals surface area contributed by atoms with Crippen molar-refractivity contribution in [3.63, 3.8) is 0 Å². The first kappa shape index (κ1) is 16.1. The van der Waals surface area contributed by atoms with Crippen molar-refractivity contribution in [2.75, 3.05) is 19.9 Å². The number of nitrogens with zero attached hydrogens (tertiary/aromatic N) is 2. The topological polar surface area (TPSA) is 89.0 Å². The third-order valence-corrected chi connectivity index (χ3v) is 5.04. The summed E-state index contributed by atoms with van der Waals surface area (Å²) in [6, 6.07) is 0. The Balaban J connectivity index is 2.15.